The molecule has 0 saturated carbocycles. The number of aryl methyl sites for hydroxylation is 2. The number of benzene rings is 1. The van der Waals surface area contributed by atoms with Crippen LogP contribution in [0.15, 0.2) is 22.7 Å². The first-order valence-corrected chi connectivity index (χ1v) is 7.55. The van der Waals surface area contributed by atoms with Gasteiger partial charge >= 0.3 is 0 Å². The van der Waals surface area contributed by atoms with Crippen molar-refractivity contribution in [1.82, 2.24) is 15.5 Å². The maximum atomic E-state index is 13.3. The monoisotopic (exact) mass is 320 g/mol. The van der Waals surface area contributed by atoms with E-state index in [1.807, 2.05) is 6.92 Å². The first-order valence-electron chi connectivity index (χ1n) is 7.55. The zero-order valence-corrected chi connectivity index (χ0v) is 13.3. The van der Waals surface area contributed by atoms with E-state index in [1.54, 1.807) is 19.1 Å². The van der Waals surface area contributed by atoms with Crippen LogP contribution in [0.4, 0.5) is 4.39 Å². The third-order valence-corrected chi connectivity index (χ3v) is 3.50. The molecule has 1 aromatic carbocycles. The van der Waals surface area contributed by atoms with E-state index in [0.29, 0.717) is 42.4 Å². The van der Waals surface area contributed by atoms with Gasteiger partial charge in [0, 0.05) is 24.9 Å². The lowest BCUT2D eigenvalue weighted by Crippen LogP contribution is -2.31. The normalized spacial score (nSPS) is 12.2. The molecule has 0 aliphatic rings. The minimum atomic E-state index is -0.277. The summed E-state index contributed by atoms with van der Waals surface area (Å²) in [6.07, 6.45) is 0.622. The van der Waals surface area contributed by atoms with Crippen molar-refractivity contribution in [2.75, 3.05) is 13.1 Å². The van der Waals surface area contributed by atoms with Crippen molar-refractivity contribution >= 4 is 5.91 Å². The predicted molar refractivity (Wildman–Crippen MR) is 84.0 cm³/mol. The number of nitrogens with zero attached hydrogens (tertiary/aromatic N) is 2. The van der Waals surface area contributed by atoms with Crippen LogP contribution in [0, 0.1) is 18.7 Å². The average Bonchev–Trinajstić information content (AvgIpc) is 3.02. The van der Waals surface area contributed by atoms with Gasteiger partial charge in [-0.1, -0.05) is 12.1 Å². The average molecular weight is 320 g/mol. The maximum absolute atomic E-state index is 13.3. The lowest BCUT2D eigenvalue weighted by atomic mass is 10.1. The first kappa shape index (κ1) is 17.1. The second kappa shape index (κ2) is 7.82. The third kappa shape index (κ3) is 4.85. The van der Waals surface area contributed by atoms with Crippen molar-refractivity contribution in [3.63, 3.8) is 0 Å². The SMILES string of the molecule is Cc1cc(-c2noc(CCC(=O)NCC(C)CN)n2)ccc1F. The van der Waals surface area contributed by atoms with Crippen LogP contribution in [0.5, 0.6) is 0 Å². The number of hydrogen-bond acceptors (Lipinski definition) is 5. The summed E-state index contributed by atoms with van der Waals surface area (Å²) in [5.74, 6) is 0.656. The van der Waals surface area contributed by atoms with E-state index in [9.17, 15) is 9.18 Å². The Morgan fingerprint density at radius 2 is 2.26 bits per heavy atom. The van der Waals surface area contributed by atoms with Crippen LogP contribution in [0.25, 0.3) is 11.4 Å². The van der Waals surface area contributed by atoms with Crippen LogP contribution in [0.2, 0.25) is 0 Å². The second-order valence-electron chi connectivity index (χ2n) is 5.62. The van der Waals surface area contributed by atoms with Crippen molar-refractivity contribution in [3.8, 4) is 11.4 Å². The van der Waals surface area contributed by atoms with Gasteiger partial charge in [0.1, 0.15) is 5.82 Å². The molecule has 2 aromatic rings. The Morgan fingerprint density at radius 1 is 1.48 bits per heavy atom. The minimum Gasteiger partial charge on any atom is -0.356 e. The van der Waals surface area contributed by atoms with Crippen LogP contribution < -0.4 is 11.1 Å². The molecule has 1 aromatic heterocycles. The molecule has 3 N–H and O–H groups in total. The van der Waals surface area contributed by atoms with Crippen molar-refractivity contribution < 1.29 is 13.7 Å². The lowest BCUT2D eigenvalue weighted by molar-refractivity contribution is -0.121. The number of hydrogen-bond donors (Lipinski definition) is 2. The van der Waals surface area contributed by atoms with Gasteiger partial charge in [-0.2, -0.15) is 4.98 Å². The van der Waals surface area contributed by atoms with Crippen LogP contribution in [0.1, 0.15) is 24.8 Å². The van der Waals surface area contributed by atoms with Crippen molar-refractivity contribution in [1.29, 1.82) is 0 Å². The Hall–Kier alpha value is -2.28. The van der Waals surface area contributed by atoms with Crippen molar-refractivity contribution in [2.24, 2.45) is 11.7 Å². The lowest BCUT2D eigenvalue weighted by Gasteiger charge is -2.09. The highest BCUT2D eigenvalue weighted by Crippen LogP contribution is 2.19. The summed E-state index contributed by atoms with van der Waals surface area (Å²) in [5, 5.41) is 6.67. The summed E-state index contributed by atoms with van der Waals surface area (Å²) < 4.78 is 18.4. The van der Waals surface area contributed by atoms with Gasteiger partial charge in [-0.05, 0) is 43.1 Å². The molecule has 1 amide bonds. The van der Waals surface area contributed by atoms with Gasteiger partial charge in [0.2, 0.25) is 17.6 Å². The maximum Gasteiger partial charge on any atom is 0.227 e. The number of rotatable bonds is 7. The van der Waals surface area contributed by atoms with E-state index < -0.39 is 0 Å². The predicted octanol–water partition coefficient (Wildman–Crippen LogP) is 1.83. The summed E-state index contributed by atoms with van der Waals surface area (Å²) in [6.45, 7) is 4.73. The zero-order chi connectivity index (χ0) is 16.8. The largest absolute Gasteiger partial charge is 0.356 e. The van der Waals surface area contributed by atoms with Crippen molar-refractivity contribution in [3.05, 3.63) is 35.5 Å². The standard InChI is InChI=1S/C16H21FN4O2/c1-10(8-18)9-19-14(22)5-6-15-20-16(21-23-15)12-3-4-13(17)11(2)7-12/h3-4,7,10H,5-6,8-9,18H2,1-2H3,(H,19,22). The molecule has 7 heteroatoms. The molecule has 1 atom stereocenters. The van der Waals surface area contributed by atoms with Gasteiger partial charge in [-0.3, -0.25) is 4.79 Å². The van der Waals surface area contributed by atoms with Gasteiger partial charge in [-0.15, -0.1) is 0 Å². The highest BCUT2D eigenvalue weighted by molar-refractivity contribution is 5.76. The number of halogens is 1. The van der Waals surface area contributed by atoms with E-state index in [2.05, 4.69) is 15.5 Å². The summed E-state index contributed by atoms with van der Waals surface area (Å²) in [6, 6.07) is 4.62. The molecular formula is C16H21FN4O2. The van der Waals surface area contributed by atoms with E-state index in [-0.39, 0.29) is 24.1 Å². The number of nitrogens with one attached hydrogen (secondary N) is 1. The van der Waals surface area contributed by atoms with Gasteiger partial charge in [0.25, 0.3) is 0 Å². The van der Waals surface area contributed by atoms with Gasteiger partial charge in [-0.25, -0.2) is 4.39 Å². The summed E-state index contributed by atoms with van der Waals surface area (Å²) in [4.78, 5) is 15.9. The number of aromatic nitrogens is 2. The fourth-order valence-electron chi connectivity index (χ4n) is 1.94. The molecule has 1 heterocycles. The highest BCUT2D eigenvalue weighted by Gasteiger charge is 2.12. The molecule has 6 nitrogen and oxygen atoms in total. The van der Waals surface area contributed by atoms with Gasteiger partial charge < -0.3 is 15.6 Å². The second-order valence-corrected chi connectivity index (χ2v) is 5.62. The number of nitrogens with two attached hydrogens (primary N) is 1. The third-order valence-electron chi connectivity index (χ3n) is 3.50. The molecule has 0 saturated heterocycles. The summed E-state index contributed by atoms with van der Waals surface area (Å²) >= 11 is 0. The number of amides is 1. The highest BCUT2D eigenvalue weighted by atomic mass is 19.1. The molecule has 0 spiro atoms. The Balaban J connectivity index is 1.89. The van der Waals surface area contributed by atoms with E-state index in [1.165, 1.54) is 6.07 Å². The fourth-order valence-corrected chi connectivity index (χ4v) is 1.94. The fraction of sp³-hybridized carbons (Fsp3) is 0.438. The molecule has 0 fully saturated rings. The Kier molecular flexibility index (Phi) is 5.81. The molecule has 124 valence electrons. The molecule has 1 unspecified atom stereocenters. The quantitative estimate of drug-likeness (QED) is 0.811. The topological polar surface area (TPSA) is 94.0 Å². The summed E-state index contributed by atoms with van der Waals surface area (Å²) in [5.41, 5.74) is 6.69. The van der Waals surface area contributed by atoms with Gasteiger partial charge in [0.05, 0.1) is 0 Å². The summed E-state index contributed by atoms with van der Waals surface area (Å²) in [7, 11) is 0. The Bertz CT molecular complexity index is 672. The Labute approximate surface area is 134 Å². The van der Waals surface area contributed by atoms with Crippen LogP contribution in [0.3, 0.4) is 0 Å². The smallest absolute Gasteiger partial charge is 0.227 e. The molecule has 0 aliphatic heterocycles. The van der Waals surface area contributed by atoms with Crippen LogP contribution in [-0.2, 0) is 11.2 Å². The molecule has 0 aliphatic carbocycles. The van der Waals surface area contributed by atoms with Crippen LogP contribution in [-0.4, -0.2) is 29.1 Å². The molecular weight excluding hydrogens is 299 g/mol. The molecule has 0 bridgehead atoms. The zero-order valence-electron chi connectivity index (χ0n) is 13.3. The molecule has 0 radical (unpaired) electrons. The number of carbonyl (C=O) groups excluding carboxylic acids is 1. The van der Waals surface area contributed by atoms with Crippen molar-refractivity contribution in [2.45, 2.75) is 26.7 Å². The minimum absolute atomic E-state index is 0.0809. The Morgan fingerprint density at radius 3 is 2.96 bits per heavy atom. The first-order chi connectivity index (χ1) is 11.0. The number of carbonyl (C=O) groups is 1. The van der Waals surface area contributed by atoms with Crippen LogP contribution >= 0.6 is 0 Å². The molecule has 23 heavy (non-hydrogen) atoms. The van der Waals surface area contributed by atoms with E-state index >= 15 is 0 Å². The van der Waals surface area contributed by atoms with E-state index in [0.717, 1.165) is 0 Å². The van der Waals surface area contributed by atoms with E-state index in [4.69, 9.17) is 10.3 Å². The van der Waals surface area contributed by atoms with Gasteiger partial charge in [0.15, 0.2) is 0 Å². The molecule has 2 rings (SSSR count).